The molecular formula is C11H22N2O. The average molecular weight is 198 g/mol. The summed E-state index contributed by atoms with van der Waals surface area (Å²) >= 11 is 0. The summed E-state index contributed by atoms with van der Waals surface area (Å²) in [5.74, 6) is 0.864. The van der Waals surface area contributed by atoms with Crippen molar-refractivity contribution in [1.82, 2.24) is 5.32 Å². The Kier molecular flexibility index (Phi) is 4.39. The van der Waals surface area contributed by atoms with Crippen LogP contribution in [0.2, 0.25) is 0 Å². The Morgan fingerprint density at radius 3 is 2.43 bits per heavy atom. The summed E-state index contributed by atoms with van der Waals surface area (Å²) in [4.78, 5) is 11.3. The highest BCUT2D eigenvalue weighted by molar-refractivity contribution is 5.81. The minimum atomic E-state index is -0.376. The molecular weight excluding hydrogens is 176 g/mol. The molecule has 0 aromatic heterocycles. The van der Waals surface area contributed by atoms with E-state index >= 15 is 0 Å². The van der Waals surface area contributed by atoms with Gasteiger partial charge < -0.3 is 11.1 Å². The van der Waals surface area contributed by atoms with Crippen LogP contribution in [0.5, 0.6) is 0 Å². The molecule has 1 atom stereocenters. The van der Waals surface area contributed by atoms with E-state index in [-0.39, 0.29) is 11.9 Å². The monoisotopic (exact) mass is 198 g/mol. The van der Waals surface area contributed by atoms with E-state index in [0.29, 0.717) is 6.04 Å². The van der Waals surface area contributed by atoms with E-state index in [9.17, 15) is 4.79 Å². The molecule has 3 heteroatoms. The normalized spacial score (nSPS) is 29.6. The Labute approximate surface area is 86.4 Å². The molecule has 3 nitrogen and oxygen atoms in total. The van der Waals surface area contributed by atoms with Gasteiger partial charge in [0.25, 0.3) is 0 Å². The van der Waals surface area contributed by atoms with Crippen molar-refractivity contribution in [3.63, 3.8) is 0 Å². The summed E-state index contributed by atoms with van der Waals surface area (Å²) in [6.07, 6.45) is 6.02. The zero-order valence-electron chi connectivity index (χ0n) is 9.25. The number of hydrogen-bond acceptors (Lipinski definition) is 2. The highest BCUT2D eigenvalue weighted by Crippen LogP contribution is 2.26. The Balaban J connectivity index is 2.25. The van der Waals surface area contributed by atoms with Crippen molar-refractivity contribution in [2.75, 3.05) is 0 Å². The number of carbonyl (C=O) groups is 1. The largest absolute Gasteiger partial charge is 0.352 e. The van der Waals surface area contributed by atoms with Gasteiger partial charge in [-0.15, -0.1) is 0 Å². The quantitative estimate of drug-likeness (QED) is 0.720. The number of nitrogens with two attached hydrogens (primary N) is 1. The lowest BCUT2D eigenvalue weighted by Crippen LogP contribution is -2.45. The maximum Gasteiger partial charge on any atom is 0.236 e. The molecule has 1 rings (SSSR count). The Hall–Kier alpha value is -0.570. The van der Waals surface area contributed by atoms with Gasteiger partial charge in [0.05, 0.1) is 6.04 Å². The van der Waals surface area contributed by atoms with Gasteiger partial charge in [-0.3, -0.25) is 4.79 Å². The molecule has 3 N–H and O–H groups in total. The van der Waals surface area contributed by atoms with E-state index in [0.717, 1.165) is 18.8 Å². The molecule has 0 saturated heterocycles. The first-order valence-corrected chi connectivity index (χ1v) is 5.69. The van der Waals surface area contributed by atoms with Crippen LogP contribution in [0.4, 0.5) is 0 Å². The van der Waals surface area contributed by atoms with Gasteiger partial charge in [-0.2, -0.15) is 0 Å². The van der Waals surface area contributed by atoms with Crippen molar-refractivity contribution in [3.05, 3.63) is 0 Å². The summed E-state index contributed by atoms with van der Waals surface area (Å²) in [5.41, 5.74) is 5.49. The predicted octanol–water partition coefficient (Wildman–Crippen LogP) is 1.42. The third-order valence-corrected chi connectivity index (χ3v) is 3.18. The van der Waals surface area contributed by atoms with E-state index < -0.39 is 0 Å². The molecule has 1 aliphatic carbocycles. The molecule has 1 saturated carbocycles. The van der Waals surface area contributed by atoms with Crippen LogP contribution in [0.1, 0.15) is 46.0 Å². The SMILES string of the molecule is CCC1CCC(NC(=O)[C@@H](C)N)CC1. The molecule has 1 fully saturated rings. The fourth-order valence-electron chi connectivity index (χ4n) is 2.05. The number of rotatable bonds is 3. The van der Waals surface area contributed by atoms with Crippen LogP contribution in [0.3, 0.4) is 0 Å². The second kappa shape index (κ2) is 5.35. The van der Waals surface area contributed by atoms with Crippen molar-refractivity contribution >= 4 is 5.91 Å². The van der Waals surface area contributed by atoms with Crippen molar-refractivity contribution in [2.24, 2.45) is 11.7 Å². The molecule has 0 bridgehead atoms. The second-order valence-electron chi connectivity index (χ2n) is 4.42. The first kappa shape index (κ1) is 11.5. The molecule has 82 valence electrons. The van der Waals surface area contributed by atoms with Gasteiger partial charge in [-0.1, -0.05) is 13.3 Å². The smallest absolute Gasteiger partial charge is 0.236 e. The zero-order chi connectivity index (χ0) is 10.6. The fourth-order valence-corrected chi connectivity index (χ4v) is 2.05. The first-order valence-electron chi connectivity index (χ1n) is 5.69. The summed E-state index contributed by atoms with van der Waals surface area (Å²) in [5, 5.41) is 3.00. The van der Waals surface area contributed by atoms with Crippen molar-refractivity contribution in [1.29, 1.82) is 0 Å². The molecule has 0 aromatic rings. The van der Waals surface area contributed by atoms with E-state index in [1.54, 1.807) is 6.92 Å². The second-order valence-corrected chi connectivity index (χ2v) is 4.42. The maximum absolute atomic E-state index is 11.3. The lowest BCUT2D eigenvalue weighted by Gasteiger charge is -2.28. The van der Waals surface area contributed by atoms with E-state index in [4.69, 9.17) is 5.73 Å². The highest BCUT2D eigenvalue weighted by atomic mass is 16.2. The van der Waals surface area contributed by atoms with Gasteiger partial charge in [0.1, 0.15) is 0 Å². The maximum atomic E-state index is 11.3. The van der Waals surface area contributed by atoms with Gasteiger partial charge in [-0.05, 0) is 38.5 Å². The first-order chi connectivity index (χ1) is 6.63. The van der Waals surface area contributed by atoms with Crippen LogP contribution < -0.4 is 11.1 Å². The number of hydrogen-bond donors (Lipinski definition) is 2. The molecule has 0 heterocycles. The predicted molar refractivity (Wildman–Crippen MR) is 57.8 cm³/mol. The van der Waals surface area contributed by atoms with E-state index in [1.807, 2.05) is 0 Å². The average Bonchev–Trinajstić information content (AvgIpc) is 2.19. The van der Waals surface area contributed by atoms with Crippen LogP contribution in [-0.4, -0.2) is 18.0 Å². The fraction of sp³-hybridized carbons (Fsp3) is 0.909. The third kappa shape index (κ3) is 3.29. The van der Waals surface area contributed by atoms with Crippen LogP contribution in [0, 0.1) is 5.92 Å². The minimum Gasteiger partial charge on any atom is -0.352 e. The number of amides is 1. The van der Waals surface area contributed by atoms with Crippen LogP contribution >= 0.6 is 0 Å². The van der Waals surface area contributed by atoms with Gasteiger partial charge in [-0.25, -0.2) is 0 Å². The summed E-state index contributed by atoms with van der Waals surface area (Å²) < 4.78 is 0. The molecule has 0 aliphatic heterocycles. The minimum absolute atomic E-state index is 0.00931. The van der Waals surface area contributed by atoms with Crippen molar-refractivity contribution in [2.45, 2.75) is 58.0 Å². The Morgan fingerprint density at radius 2 is 2.00 bits per heavy atom. The Bertz CT molecular complexity index is 184. The van der Waals surface area contributed by atoms with Crippen molar-refractivity contribution in [3.8, 4) is 0 Å². The van der Waals surface area contributed by atoms with Crippen molar-refractivity contribution < 1.29 is 4.79 Å². The molecule has 0 aromatic carbocycles. The van der Waals surface area contributed by atoms with Gasteiger partial charge in [0.15, 0.2) is 0 Å². The van der Waals surface area contributed by atoms with Crippen LogP contribution in [0.15, 0.2) is 0 Å². The third-order valence-electron chi connectivity index (χ3n) is 3.18. The zero-order valence-corrected chi connectivity index (χ0v) is 9.25. The van der Waals surface area contributed by atoms with Gasteiger partial charge >= 0.3 is 0 Å². The lowest BCUT2D eigenvalue weighted by atomic mass is 9.84. The van der Waals surface area contributed by atoms with Crippen LogP contribution in [0.25, 0.3) is 0 Å². The van der Waals surface area contributed by atoms with Gasteiger partial charge in [0, 0.05) is 6.04 Å². The number of carbonyl (C=O) groups excluding carboxylic acids is 1. The molecule has 0 radical (unpaired) electrons. The molecule has 1 aliphatic rings. The summed E-state index contributed by atoms with van der Waals surface area (Å²) in [6, 6.07) is -0.00445. The summed E-state index contributed by atoms with van der Waals surface area (Å²) in [6.45, 7) is 3.97. The standard InChI is InChI=1S/C11H22N2O/c1-3-9-4-6-10(7-5-9)13-11(14)8(2)12/h8-10H,3-7,12H2,1-2H3,(H,13,14)/t8-,9?,10?/m1/s1. The van der Waals surface area contributed by atoms with Gasteiger partial charge in [0.2, 0.25) is 5.91 Å². The molecule has 14 heavy (non-hydrogen) atoms. The topological polar surface area (TPSA) is 55.1 Å². The number of nitrogens with one attached hydrogen (secondary N) is 1. The lowest BCUT2D eigenvalue weighted by molar-refractivity contribution is -0.122. The van der Waals surface area contributed by atoms with Crippen LogP contribution in [-0.2, 0) is 4.79 Å². The molecule has 1 amide bonds. The summed E-state index contributed by atoms with van der Waals surface area (Å²) in [7, 11) is 0. The Morgan fingerprint density at radius 1 is 1.43 bits per heavy atom. The van der Waals surface area contributed by atoms with E-state index in [1.165, 1.54) is 19.3 Å². The van der Waals surface area contributed by atoms with E-state index in [2.05, 4.69) is 12.2 Å². The highest BCUT2D eigenvalue weighted by Gasteiger charge is 2.21. The molecule has 0 unspecified atom stereocenters. The molecule has 0 spiro atoms.